The van der Waals surface area contributed by atoms with Crippen molar-refractivity contribution < 1.29 is 18.7 Å². The van der Waals surface area contributed by atoms with Crippen LogP contribution in [0, 0.1) is 12.7 Å². The van der Waals surface area contributed by atoms with Crippen LogP contribution in [-0.2, 0) is 9.59 Å². The number of hydrogen-bond donors (Lipinski definition) is 3. The van der Waals surface area contributed by atoms with E-state index in [1.165, 1.54) is 6.07 Å². The Morgan fingerprint density at radius 2 is 2.00 bits per heavy atom. The molecule has 2 unspecified atom stereocenters. The molecule has 5 rings (SSSR count). The third-order valence-corrected chi connectivity index (χ3v) is 6.82. The molecule has 0 aromatic heterocycles. The van der Waals surface area contributed by atoms with E-state index in [0.717, 1.165) is 25.8 Å². The molecule has 27 heavy (non-hydrogen) atoms. The second kappa shape index (κ2) is 6.67. The van der Waals surface area contributed by atoms with Gasteiger partial charge in [-0.05, 0) is 37.8 Å². The van der Waals surface area contributed by atoms with Crippen molar-refractivity contribution in [2.75, 3.05) is 13.2 Å². The summed E-state index contributed by atoms with van der Waals surface area (Å²) < 4.78 is 18.9. The molecule has 0 spiro atoms. The molecule has 3 saturated carbocycles. The van der Waals surface area contributed by atoms with Crippen molar-refractivity contribution in [2.45, 2.75) is 54.8 Å². The van der Waals surface area contributed by atoms with E-state index in [4.69, 9.17) is 4.74 Å². The van der Waals surface area contributed by atoms with Crippen LogP contribution in [0.15, 0.2) is 18.2 Å². The lowest BCUT2D eigenvalue weighted by Crippen LogP contribution is -2.84. The van der Waals surface area contributed by atoms with Crippen molar-refractivity contribution in [3.63, 3.8) is 0 Å². The molecule has 1 aromatic carbocycles. The number of rotatable bonds is 6. The van der Waals surface area contributed by atoms with Crippen molar-refractivity contribution in [3.05, 3.63) is 29.6 Å². The summed E-state index contributed by atoms with van der Waals surface area (Å²) in [5.74, 6) is -0.203. The summed E-state index contributed by atoms with van der Waals surface area (Å²) in [5.41, 5.74) is 0.142. The standard InChI is InChI=1S/C19H24FN3O3S/c1-11-3-4-13(5-14(11)20)26-7-15(24)22-18-8-19(9-18,10-18)23-16(25)17-21-6-12(2)27-17/h3-5,12,17,21H,6-10H2,1-2H3,(H,22,24)(H,23,25). The van der Waals surface area contributed by atoms with E-state index < -0.39 is 0 Å². The van der Waals surface area contributed by atoms with Crippen LogP contribution in [0.2, 0.25) is 0 Å². The Bertz CT molecular complexity index is 768. The molecule has 146 valence electrons. The predicted octanol–water partition coefficient (Wildman–Crippen LogP) is 1.47. The number of nitrogens with one attached hydrogen (secondary N) is 3. The van der Waals surface area contributed by atoms with Gasteiger partial charge >= 0.3 is 0 Å². The van der Waals surface area contributed by atoms with Gasteiger partial charge in [-0.25, -0.2) is 4.39 Å². The van der Waals surface area contributed by atoms with Crippen molar-refractivity contribution in [3.8, 4) is 5.75 Å². The van der Waals surface area contributed by atoms with E-state index in [9.17, 15) is 14.0 Å². The average molecular weight is 393 g/mol. The van der Waals surface area contributed by atoms with Crippen LogP contribution < -0.4 is 20.7 Å². The maximum Gasteiger partial charge on any atom is 0.258 e. The third-order valence-electron chi connectivity index (χ3n) is 5.53. The molecular weight excluding hydrogens is 369 g/mol. The lowest BCUT2D eigenvalue weighted by Gasteiger charge is -2.70. The van der Waals surface area contributed by atoms with Gasteiger partial charge in [0.25, 0.3) is 5.91 Å². The van der Waals surface area contributed by atoms with Gasteiger partial charge < -0.3 is 15.4 Å². The number of ether oxygens (including phenoxy) is 1. The summed E-state index contributed by atoms with van der Waals surface area (Å²) in [5, 5.41) is 9.62. The van der Waals surface area contributed by atoms with E-state index in [2.05, 4.69) is 22.9 Å². The SMILES string of the molecule is Cc1ccc(OCC(=O)NC23CC(NC(=O)C4NCC(C)S4)(C2)C3)cc1F. The largest absolute Gasteiger partial charge is 0.484 e. The number of thioether (sulfide) groups is 1. The molecule has 1 heterocycles. The first-order valence-corrected chi connectivity index (χ1v) is 10.1. The van der Waals surface area contributed by atoms with E-state index in [1.54, 1.807) is 30.8 Å². The summed E-state index contributed by atoms with van der Waals surface area (Å²) in [6.45, 7) is 4.47. The molecule has 2 amide bonds. The molecule has 4 aliphatic rings. The lowest BCUT2D eigenvalue weighted by molar-refractivity contribution is -0.150. The van der Waals surface area contributed by atoms with E-state index in [1.807, 2.05) is 0 Å². The molecule has 8 heteroatoms. The Labute approximate surface area is 162 Å². The number of benzene rings is 1. The minimum Gasteiger partial charge on any atom is -0.484 e. The Balaban J connectivity index is 1.20. The zero-order chi connectivity index (χ0) is 19.2. The zero-order valence-corrected chi connectivity index (χ0v) is 16.2. The Morgan fingerprint density at radius 1 is 1.30 bits per heavy atom. The Morgan fingerprint density at radius 3 is 2.63 bits per heavy atom. The zero-order valence-electron chi connectivity index (χ0n) is 15.4. The molecule has 3 N–H and O–H groups in total. The minimum atomic E-state index is -0.352. The molecular formula is C19H24FN3O3S. The summed E-state index contributed by atoms with van der Waals surface area (Å²) >= 11 is 1.65. The van der Waals surface area contributed by atoms with Crippen LogP contribution in [0.5, 0.6) is 5.75 Å². The average Bonchev–Trinajstić information content (AvgIpc) is 2.99. The summed E-state index contributed by atoms with van der Waals surface area (Å²) in [7, 11) is 0. The number of aryl methyl sites for hydroxylation is 1. The number of carbonyl (C=O) groups excluding carboxylic acids is 2. The molecule has 3 aliphatic carbocycles. The fourth-order valence-corrected chi connectivity index (χ4v) is 5.31. The van der Waals surface area contributed by atoms with Gasteiger partial charge in [-0.2, -0.15) is 0 Å². The topological polar surface area (TPSA) is 79.5 Å². The second-order valence-electron chi connectivity index (χ2n) is 8.06. The van der Waals surface area contributed by atoms with Gasteiger partial charge in [-0.15, -0.1) is 11.8 Å². The molecule has 2 bridgehead atoms. The van der Waals surface area contributed by atoms with E-state index in [-0.39, 0.29) is 40.7 Å². The van der Waals surface area contributed by atoms with Gasteiger partial charge in [0.05, 0.1) is 0 Å². The van der Waals surface area contributed by atoms with Gasteiger partial charge in [-0.1, -0.05) is 13.0 Å². The quantitative estimate of drug-likeness (QED) is 0.682. The van der Waals surface area contributed by atoms with Crippen molar-refractivity contribution >= 4 is 23.6 Å². The van der Waals surface area contributed by atoms with Gasteiger partial charge in [0.2, 0.25) is 5.91 Å². The van der Waals surface area contributed by atoms with Gasteiger partial charge in [0.15, 0.2) is 6.61 Å². The van der Waals surface area contributed by atoms with Crippen LogP contribution in [0.3, 0.4) is 0 Å². The number of halogens is 1. The van der Waals surface area contributed by atoms with Gasteiger partial charge in [0.1, 0.15) is 16.9 Å². The highest BCUT2D eigenvalue weighted by Gasteiger charge is 2.69. The number of amides is 2. The highest BCUT2D eigenvalue weighted by atomic mass is 32.2. The van der Waals surface area contributed by atoms with Gasteiger partial charge in [-0.3, -0.25) is 14.9 Å². The fraction of sp³-hybridized carbons (Fsp3) is 0.579. The molecule has 2 atom stereocenters. The van der Waals surface area contributed by atoms with Gasteiger partial charge in [0, 0.05) is 28.9 Å². The molecule has 1 aromatic rings. The first kappa shape index (κ1) is 18.6. The maximum absolute atomic E-state index is 13.5. The molecule has 1 aliphatic heterocycles. The number of carbonyl (C=O) groups is 2. The maximum atomic E-state index is 13.5. The second-order valence-corrected chi connectivity index (χ2v) is 9.61. The third kappa shape index (κ3) is 3.65. The van der Waals surface area contributed by atoms with Crippen LogP contribution >= 0.6 is 11.8 Å². The normalized spacial score (nSPS) is 33.6. The van der Waals surface area contributed by atoms with Crippen LogP contribution in [0.25, 0.3) is 0 Å². The fourth-order valence-electron chi connectivity index (χ4n) is 4.28. The van der Waals surface area contributed by atoms with E-state index >= 15 is 0 Å². The van der Waals surface area contributed by atoms with Crippen molar-refractivity contribution in [2.24, 2.45) is 0 Å². The molecule has 4 fully saturated rings. The highest BCUT2D eigenvalue weighted by Crippen LogP contribution is 2.60. The predicted molar refractivity (Wildman–Crippen MR) is 101 cm³/mol. The first-order chi connectivity index (χ1) is 12.8. The lowest BCUT2D eigenvalue weighted by atomic mass is 9.44. The van der Waals surface area contributed by atoms with Crippen molar-refractivity contribution in [1.82, 2.24) is 16.0 Å². The Hall–Kier alpha value is -1.80. The smallest absolute Gasteiger partial charge is 0.258 e. The van der Waals surface area contributed by atoms with Crippen LogP contribution in [0.4, 0.5) is 4.39 Å². The van der Waals surface area contributed by atoms with Crippen molar-refractivity contribution in [1.29, 1.82) is 0 Å². The highest BCUT2D eigenvalue weighted by molar-refractivity contribution is 8.01. The first-order valence-electron chi connectivity index (χ1n) is 9.19. The molecule has 0 radical (unpaired) electrons. The van der Waals surface area contributed by atoms with E-state index in [0.29, 0.717) is 16.6 Å². The summed E-state index contributed by atoms with van der Waals surface area (Å²) in [6.07, 6.45) is 2.26. The van der Waals surface area contributed by atoms with Crippen LogP contribution in [0.1, 0.15) is 31.7 Å². The summed E-state index contributed by atoms with van der Waals surface area (Å²) in [6, 6.07) is 4.55. The number of hydrogen-bond acceptors (Lipinski definition) is 5. The Kier molecular flexibility index (Phi) is 4.58. The summed E-state index contributed by atoms with van der Waals surface area (Å²) in [4.78, 5) is 24.5. The molecule has 6 nitrogen and oxygen atoms in total. The minimum absolute atomic E-state index is 0.0358. The molecule has 1 saturated heterocycles. The van der Waals surface area contributed by atoms with Crippen LogP contribution in [-0.4, -0.2) is 46.7 Å². The monoisotopic (exact) mass is 393 g/mol.